The minimum atomic E-state index is -0.119. The van der Waals surface area contributed by atoms with Gasteiger partial charge < -0.3 is 18.3 Å². The number of hydrogen-bond acceptors (Lipinski definition) is 2. The van der Waals surface area contributed by atoms with Crippen molar-refractivity contribution in [2.24, 2.45) is 0 Å². The third-order valence-electron chi connectivity index (χ3n) is 17.5. The summed E-state index contributed by atoms with van der Waals surface area (Å²) in [5.41, 5.74) is 18.2. The van der Waals surface area contributed by atoms with Gasteiger partial charge in [0.05, 0.1) is 78.1 Å². The molecular weight excluding hydrogens is 997 g/mol. The van der Waals surface area contributed by atoms with Crippen LogP contribution in [0, 0.1) is 11.3 Å². The van der Waals surface area contributed by atoms with Crippen molar-refractivity contribution in [2.75, 3.05) is 0 Å². The second-order valence-corrected chi connectivity index (χ2v) is 26.8. The highest BCUT2D eigenvalue weighted by Gasteiger charge is 2.36. The van der Waals surface area contributed by atoms with Gasteiger partial charge in [-0.05, 0) is 129 Å². The molecule has 0 atom stereocenters. The summed E-state index contributed by atoms with van der Waals surface area (Å²) in [6, 6.07) is 72.7. The van der Waals surface area contributed by atoms with E-state index in [2.05, 4.69) is 289 Å². The molecule has 402 valence electrons. The molecule has 0 fully saturated rings. The van der Waals surface area contributed by atoms with Gasteiger partial charge in [0.15, 0.2) is 0 Å². The first-order chi connectivity index (χ1) is 39.2. The van der Waals surface area contributed by atoms with Gasteiger partial charge in [-0.2, -0.15) is 5.26 Å². The molecule has 0 aliphatic carbocycles. The maximum absolute atomic E-state index is 12.9. The molecule has 14 rings (SSSR count). The molecule has 0 unspecified atom stereocenters. The predicted molar refractivity (Wildman–Crippen MR) is 347 cm³/mol. The SMILES string of the molecule is CC(C)(C)c1ccc2c(c1)c1ccccc1n2-c1c(C#N)c(-c2ccccn2)c(-n2c3ccccc3c3cc(C(C)(C)C)ccc32)c(-n2c3ccccc3c3cc(C(C)(C)C)ccc32)c1-n1c2ccccc2c2cc(C(C)(C)C)ccc21. The lowest BCUT2D eigenvalue weighted by Gasteiger charge is -2.29. The molecule has 0 radical (unpaired) electrons. The topological polar surface area (TPSA) is 56.4 Å². The molecule has 0 N–H and O–H groups in total. The summed E-state index contributed by atoms with van der Waals surface area (Å²) in [6.07, 6.45) is 1.87. The largest absolute Gasteiger partial charge is 0.306 e. The van der Waals surface area contributed by atoms with E-state index in [0.717, 1.165) is 116 Å². The van der Waals surface area contributed by atoms with E-state index < -0.39 is 0 Å². The van der Waals surface area contributed by atoms with E-state index in [-0.39, 0.29) is 21.7 Å². The van der Waals surface area contributed by atoms with Crippen molar-refractivity contribution in [3.8, 4) is 40.1 Å². The van der Waals surface area contributed by atoms with Crippen LogP contribution in [0.25, 0.3) is 121 Å². The Labute approximate surface area is 480 Å². The summed E-state index contributed by atoms with van der Waals surface area (Å²) >= 11 is 0. The number of hydrogen-bond donors (Lipinski definition) is 0. The van der Waals surface area contributed by atoms with Crippen LogP contribution >= 0.6 is 0 Å². The minimum Gasteiger partial charge on any atom is -0.306 e. The van der Waals surface area contributed by atoms with Crippen molar-refractivity contribution in [1.29, 1.82) is 5.26 Å². The van der Waals surface area contributed by atoms with Crippen LogP contribution in [-0.2, 0) is 21.7 Å². The Hall–Kier alpha value is -9.18. The van der Waals surface area contributed by atoms with Gasteiger partial charge in [-0.3, -0.25) is 4.98 Å². The second kappa shape index (κ2) is 17.9. The first kappa shape index (κ1) is 51.0. The van der Waals surface area contributed by atoms with Gasteiger partial charge in [0.1, 0.15) is 6.07 Å². The molecule has 5 heterocycles. The number of para-hydroxylation sites is 4. The molecule has 0 saturated heterocycles. The highest BCUT2D eigenvalue weighted by atomic mass is 15.1. The van der Waals surface area contributed by atoms with E-state index >= 15 is 0 Å². The lowest BCUT2D eigenvalue weighted by molar-refractivity contribution is 0.591. The van der Waals surface area contributed by atoms with Crippen LogP contribution in [0.1, 0.15) is 111 Å². The number of fused-ring (bicyclic) bond motifs is 12. The molecule has 82 heavy (non-hydrogen) atoms. The molecule has 0 spiro atoms. The van der Waals surface area contributed by atoms with E-state index in [1.807, 2.05) is 12.3 Å². The van der Waals surface area contributed by atoms with Crippen LogP contribution in [0.4, 0.5) is 0 Å². The Morgan fingerprint density at radius 3 is 0.890 bits per heavy atom. The van der Waals surface area contributed by atoms with Crippen LogP contribution in [0.3, 0.4) is 0 Å². The van der Waals surface area contributed by atoms with E-state index in [4.69, 9.17) is 4.98 Å². The van der Waals surface area contributed by atoms with Crippen molar-refractivity contribution < 1.29 is 0 Å². The van der Waals surface area contributed by atoms with Gasteiger partial charge >= 0.3 is 0 Å². The molecule has 0 bridgehead atoms. The zero-order valence-corrected chi connectivity index (χ0v) is 49.2. The number of aromatic nitrogens is 5. The lowest BCUT2D eigenvalue weighted by Crippen LogP contribution is -2.17. The summed E-state index contributed by atoms with van der Waals surface area (Å²) in [7, 11) is 0. The molecule has 5 aromatic heterocycles. The molecule has 9 aromatic carbocycles. The minimum absolute atomic E-state index is 0.112. The van der Waals surface area contributed by atoms with Crippen LogP contribution in [0.5, 0.6) is 0 Å². The van der Waals surface area contributed by atoms with Gasteiger partial charge in [0.2, 0.25) is 0 Å². The van der Waals surface area contributed by atoms with E-state index in [0.29, 0.717) is 11.3 Å². The molecule has 0 amide bonds. The highest BCUT2D eigenvalue weighted by Crippen LogP contribution is 2.52. The summed E-state index contributed by atoms with van der Waals surface area (Å²) in [4.78, 5) is 5.34. The molecule has 14 aromatic rings. The zero-order chi connectivity index (χ0) is 56.9. The van der Waals surface area contributed by atoms with Gasteiger partial charge in [-0.15, -0.1) is 0 Å². The van der Waals surface area contributed by atoms with Crippen LogP contribution < -0.4 is 0 Å². The Morgan fingerprint density at radius 1 is 0.305 bits per heavy atom. The fraction of sp³-hybridized carbons (Fsp3) is 0.211. The number of nitrogens with zero attached hydrogens (tertiary/aromatic N) is 6. The number of rotatable bonds is 5. The first-order valence-corrected chi connectivity index (χ1v) is 28.9. The summed E-state index contributed by atoms with van der Waals surface area (Å²) in [5, 5.41) is 22.0. The summed E-state index contributed by atoms with van der Waals surface area (Å²) in [6.45, 7) is 27.5. The van der Waals surface area contributed by atoms with Gasteiger partial charge in [0, 0.05) is 54.9 Å². The fourth-order valence-corrected chi connectivity index (χ4v) is 13.1. The zero-order valence-electron chi connectivity index (χ0n) is 49.2. The van der Waals surface area contributed by atoms with Crippen molar-refractivity contribution in [3.05, 3.63) is 222 Å². The van der Waals surface area contributed by atoms with Crippen molar-refractivity contribution in [2.45, 2.75) is 105 Å². The quantitative estimate of drug-likeness (QED) is 0.172. The Bertz CT molecular complexity index is 5020. The van der Waals surface area contributed by atoms with Gasteiger partial charge in [-0.1, -0.05) is 186 Å². The standard InChI is InChI=1S/C76H68N6/c1-73(2,3)46-32-36-64-54(41-46)50-23-13-17-28-60(50)79(64)69-58(45-77)68(59-27-21-22-40-78-59)70(80-61-29-18-14-24-51(61)55-42-47(74(4,5)6)33-37-65(55)80)72(82-63-31-20-16-26-53(63)57-44-49(76(10,11)12)35-39-67(57)82)71(69)81-62-30-19-15-25-52(62)56-43-48(75(7,8)9)34-38-66(56)81/h13-44H,1-12H3. The Morgan fingerprint density at radius 2 is 0.585 bits per heavy atom. The Kier molecular flexibility index (Phi) is 11.1. The second-order valence-electron chi connectivity index (χ2n) is 26.8. The molecule has 0 aliphatic rings. The molecule has 0 aliphatic heterocycles. The van der Waals surface area contributed by atoms with Gasteiger partial charge in [0.25, 0.3) is 0 Å². The summed E-state index contributed by atoms with van der Waals surface area (Å²) in [5.74, 6) is 0. The van der Waals surface area contributed by atoms with Crippen LogP contribution in [0.2, 0.25) is 0 Å². The monoisotopic (exact) mass is 1060 g/mol. The molecule has 0 saturated carbocycles. The van der Waals surface area contributed by atoms with E-state index in [9.17, 15) is 5.26 Å². The predicted octanol–water partition coefficient (Wildman–Crippen LogP) is 20.2. The van der Waals surface area contributed by atoms with Crippen molar-refractivity contribution >= 4 is 87.2 Å². The van der Waals surface area contributed by atoms with E-state index in [1.165, 1.54) is 22.3 Å². The maximum atomic E-state index is 12.9. The number of benzene rings is 9. The fourth-order valence-electron chi connectivity index (χ4n) is 13.1. The summed E-state index contributed by atoms with van der Waals surface area (Å²) < 4.78 is 9.94. The first-order valence-electron chi connectivity index (χ1n) is 28.9. The lowest BCUT2D eigenvalue weighted by atomic mass is 9.86. The molecule has 6 heteroatoms. The third-order valence-corrected chi connectivity index (χ3v) is 17.5. The third kappa shape index (κ3) is 7.62. The van der Waals surface area contributed by atoms with Crippen molar-refractivity contribution in [3.63, 3.8) is 0 Å². The van der Waals surface area contributed by atoms with Crippen molar-refractivity contribution in [1.82, 2.24) is 23.3 Å². The van der Waals surface area contributed by atoms with Gasteiger partial charge in [-0.25, -0.2) is 0 Å². The number of nitriles is 1. The van der Waals surface area contributed by atoms with Crippen LogP contribution in [-0.4, -0.2) is 23.3 Å². The smallest absolute Gasteiger partial charge is 0.102 e. The molecular formula is C76H68N6. The average Bonchev–Trinajstić information content (AvgIpc) is 2.10. The average molecular weight is 1070 g/mol. The normalized spacial score (nSPS) is 12.9. The van der Waals surface area contributed by atoms with Crippen LogP contribution in [0.15, 0.2) is 194 Å². The highest BCUT2D eigenvalue weighted by molar-refractivity contribution is 6.17. The maximum Gasteiger partial charge on any atom is 0.102 e. The molecule has 6 nitrogen and oxygen atoms in total. The van der Waals surface area contributed by atoms with E-state index in [1.54, 1.807) is 0 Å². The Balaban J connectivity index is 1.35. The number of pyridine rings is 1.